The van der Waals surface area contributed by atoms with Crippen molar-refractivity contribution in [2.45, 2.75) is 19.5 Å². The van der Waals surface area contributed by atoms with Crippen molar-refractivity contribution in [1.82, 2.24) is 9.47 Å². The third-order valence-electron chi connectivity index (χ3n) is 5.01. The number of hydrogen-bond acceptors (Lipinski definition) is 1. The third-order valence-corrected chi connectivity index (χ3v) is 5.50. The van der Waals surface area contributed by atoms with Crippen LogP contribution in [0.1, 0.15) is 16.8 Å². The summed E-state index contributed by atoms with van der Waals surface area (Å²) in [6.07, 6.45) is 1.05. The lowest BCUT2D eigenvalue weighted by atomic mass is 10.0. The van der Waals surface area contributed by atoms with Crippen LogP contribution in [0.3, 0.4) is 0 Å². The fourth-order valence-corrected chi connectivity index (χ4v) is 4.00. The van der Waals surface area contributed by atoms with Gasteiger partial charge in [0, 0.05) is 52.7 Å². The van der Waals surface area contributed by atoms with E-state index in [9.17, 15) is 0 Å². The van der Waals surface area contributed by atoms with E-state index in [-0.39, 0.29) is 0 Å². The number of nitrogens with zero attached hydrogens (tertiary/aromatic N) is 2. The molecular weight excluding hydrogens is 351 g/mol. The van der Waals surface area contributed by atoms with Crippen LogP contribution in [0, 0.1) is 0 Å². The Hall–Kier alpha value is -1.74. The second kappa shape index (κ2) is 6.53. The molecule has 1 aliphatic heterocycles. The van der Waals surface area contributed by atoms with Crippen LogP contribution in [0.2, 0.25) is 10.0 Å². The zero-order chi connectivity index (χ0) is 17.6. The molecule has 3 aromatic rings. The average molecular weight is 371 g/mol. The van der Waals surface area contributed by atoms with Crippen molar-refractivity contribution in [3.05, 3.63) is 75.9 Å². The molecule has 0 aliphatic carbocycles. The number of aromatic nitrogens is 1. The van der Waals surface area contributed by atoms with E-state index in [4.69, 9.17) is 23.2 Å². The molecule has 1 aromatic heterocycles. The monoisotopic (exact) mass is 370 g/mol. The fraction of sp³-hybridized carbons (Fsp3) is 0.238. The van der Waals surface area contributed by atoms with Crippen LogP contribution >= 0.6 is 23.2 Å². The van der Waals surface area contributed by atoms with Gasteiger partial charge >= 0.3 is 0 Å². The highest BCUT2D eigenvalue weighted by atomic mass is 35.5. The fourth-order valence-electron chi connectivity index (χ4n) is 3.71. The van der Waals surface area contributed by atoms with Crippen molar-refractivity contribution in [3.8, 4) is 0 Å². The first-order valence-corrected chi connectivity index (χ1v) is 9.20. The summed E-state index contributed by atoms with van der Waals surface area (Å²) >= 11 is 12.3. The van der Waals surface area contributed by atoms with Gasteiger partial charge in [0.05, 0.1) is 0 Å². The van der Waals surface area contributed by atoms with Gasteiger partial charge in [0.2, 0.25) is 0 Å². The lowest BCUT2D eigenvalue weighted by Crippen LogP contribution is -2.27. The number of benzene rings is 2. The Morgan fingerprint density at radius 2 is 1.80 bits per heavy atom. The zero-order valence-electron chi connectivity index (χ0n) is 14.2. The molecule has 0 N–H and O–H groups in total. The summed E-state index contributed by atoms with van der Waals surface area (Å²) < 4.78 is 2.41. The van der Waals surface area contributed by atoms with Crippen LogP contribution in [-0.2, 0) is 19.5 Å². The molecular formula is C21H20Cl2N2. The van der Waals surface area contributed by atoms with E-state index in [0.29, 0.717) is 0 Å². The van der Waals surface area contributed by atoms with E-state index in [2.05, 4.69) is 35.2 Å². The molecule has 0 radical (unpaired) electrons. The Bertz CT molecular complexity index is 954. The van der Waals surface area contributed by atoms with Crippen LogP contribution in [-0.4, -0.2) is 23.1 Å². The summed E-state index contributed by atoms with van der Waals surface area (Å²) in [4.78, 5) is 2.36. The van der Waals surface area contributed by atoms with Crippen molar-refractivity contribution in [2.75, 3.05) is 13.6 Å². The first-order valence-electron chi connectivity index (χ1n) is 8.44. The predicted molar refractivity (Wildman–Crippen MR) is 107 cm³/mol. The van der Waals surface area contributed by atoms with Crippen molar-refractivity contribution in [2.24, 2.45) is 0 Å². The SMILES string of the molecule is C=C(Cn1c2c(c3cc(Cl)ccc31)CN(C)CC2)c1ccc(Cl)cc1. The maximum atomic E-state index is 6.27. The second-order valence-corrected chi connectivity index (χ2v) is 7.64. The van der Waals surface area contributed by atoms with Crippen LogP contribution in [0.4, 0.5) is 0 Å². The average Bonchev–Trinajstić information content (AvgIpc) is 2.88. The maximum absolute atomic E-state index is 6.27. The predicted octanol–water partition coefficient (Wildman–Crippen LogP) is 5.65. The Morgan fingerprint density at radius 1 is 1.08 bits per heavy atom. The van der Waals surface area contributed by atoms with Gasteiger partial charge in [0.1, 0.15) is 0 Å². The quantitative estimate of drug-likeness (QED) is 0.578. The first-order chi connectivity index (χ1) is 12.0. The van der Waals surface area contributed by atoms with Crippen molar-refractivity contribution in [1.29, 1.82) is 0 Å². The lowest BCUT2D eigenvalue weighted by molar-refractivity contribution is 0.310. The molecule has 2 nitrogen and oxygen atoms in total. The Kier molecular flexibility index (Phi) is 4.36. The summed E-state index contributed by atoms with van der Waals surface area (Å²) in [6.45, 7) is 7.13. The molecule has 128 valence electrons. The van der Waals surface area contributed by atoms with E-state index < -0.39 is 0 Å². The molecule has 2 heterocycles. The number of likely N-dealkylation sites (N-methyl/N-ethyl adjacent to an activating group) is 1. The van der Waals surface area contributed by atoms with Gasteiger partial charge in [-0.25, -0.2) is 0 Å². The molecule has 4 rings (SSSR count). The minimum Gasteiger partial charge on any atom is -0.340 e. The van der Waals surface area contributed by atoms with Crippen LogP contribution < -0.4 is 0 Å². The van der Waals surface area contributed by atoms with E-state index in [1.54, 1.807) is 0 Å². The minimum absolute atomic E-state index is 0.748. The lowest BCUT2D eigenvalue weighted by Gasteiger charge is -2.24. The van der Waals surface area contributed by atoms with Gasteiger partial charge in [-0.2, -0.15) is 0 Å². The number of hydrogen-bond donors (Lipinski definition) is 0. The van der Waals surface area contributed by atoms with Gasteiger partial charge in [0.15, 0.2) is 0 Å². The van der Waals surface area contributed by atoms with E-state index in [0.717, 1.165) is 47.2 Å². The molecule has 0 saturated heterocycles. The van der Waals surface area contributed by atoms with Crippen molar-refractivity contribution in [3.63, 3.8) is 0 Å². The van der Waals surface area contributed by atoms with E-state index in [1.807, 2.05) is 30.3 Å². The molecule has 1 aliphatic rings. The molecule has 0 bridgehead atoms. The molecule has 0 amide bonds. The number of halogens is 2. The summed E-state index contributed by atoms with van der Waals surface area (Å²) in [5, 5.41) is 2.80. The first kappa shape index (κ1) is 16.7. The van der Waals surface area contributed by atoms with Gasteiger partial charge in [-0.3, -0.25) is 0 Å². The molecule has 0 fully saturated rings. The minimum atomic E-state index is 0.748. The Balaban J connectivity index is 1.79. The second-order valence-electron chi connectivity index (χ2n) is 6.77. The van der Waals surface area contributed by atoms with Gasteiger partial charge < -0.3 is 9.47 Å². The normalized spacial score (nSPS) is 14.7. The zero-order valence-corrected chi connectivity index (χ0v) is 15.7. The van der Waals surface area contributed by atoms with Crippen LogP contribution in [0.25, 0.3) is 16.5 Å². The molecule has 25 heavy (non-hydrogen) atoms. The number of allylic oxidation sites excluding steroid dienone is 1. The molecule has 0 atom stereocenters. The summed E-state index contributed by atoms with van der Waals surface area (Å²) in [6, 6.07) is 14.1. The number of rotatable bonds is 3. The maximum Gasteiger partial charge on any atom is 0.0490 e. The highest BCUT2D eigenvalue weighted by Gasteiger charge is 2.22. The largest absolute Gasteiger partial charge is 0.340 e. The van der Waals surface area contributed by atoms with Crippen LogP contribution in [0.15, 0.2) is 49.0 Å². The van der Waals surface area contributed by atoms with Crippen LogP contribution in [0.5, 0.6) is 0 Å². The van der Waals surface area contributed by atoms with Crippen molar-refractivity contribution >= 4 is 39.7 Å². The van der Waals surface area contributed by atoms with Gasteiger partial charge in [0.25, 0.3) is 0 Å². The van der Waals surface area contributed by atoms with Gasteiger partial charge in [-0.1, -0.05) is 41.9 Å². The highest BCUT2D eigenvalue weighted by molar-refractivity contribution is 6.31. The van der Waals surface area contributed by atoms with E-state index >= 15 is 0 Å². The third kappa shape index (κ3) is 3.10. The molecule has 4 heteroatoms. The summed E-state index contributed by atoms with van der Waals surface area (Å²) in [5.41, 5.74) is 6.26. The highest BCUT2D eigenvalue weighted by Crippen LogP contribution is 2.33. The van der Waals surface area contributed by atoms with Gasteiger partial charge in [-0.05, 0) is 54.1 Å². The Labute approximate surface area is 158 Å². The topological polar surface area (TPSA) is 8.17 Å². The van der Waals surface area contributed by atoms with Gasteiger partial charge in [-0.15, -0.1) is 0 Å². The number of fused-ring (bicyclic) bond motifs is 3. The smallest absolute Gasteiger partial charge is 0.0490 e. The standard InChI is InChI=1S/C21H20Cl2N2/c1-14(15-3-5-16(22)6-4-15)12-25-20-8-7-17(23)11-18(20)19-13-24(2)10-9-21(19)25/h3-8,11H,1,9-10,12-13H2,2H3. The molecule has 0 saturated carbocycles. The van der Waals surface area contributed by atoms with Crippen molar-refractivity contribution < 1.29 is 0 Å². The van der Waals surface area contributed by atoms with E-state index in [1.165, 1.54) is 22.2 Å². The Morgan fingerprint density at radius 3 is 2.56 bits per heavy atom. The molecule has 0 unspecified atom stereocenters. The molecule has 2 aromatic carbocycles. The summed E-state index contributed by atoms with van der Waals surface area (Å²) in [7, 11) is 2.17. The molecule has 0 spiro atoms. The summed E-state index contributed by atoms with van der Waals surface area (Å²) in [5.74, 6) is 0.